The van der Waals surface area contributed by atoms with Crippen LogP contribution >= 0.6 is 0 Å². The zero-order valence-corrected chi connectivity index (χ0v) is 12.1. The molecule has 0 aliphatic carbocycles. The van der Waals surface area contributed by atoms with Crippen molar-refractivity contribution in [2.24, 2.45) is 5.92 Å². The molecule has 0 bridgehead atoms. The molecular formula is C14H24N4O. The van der Waals surface area contributed by atoms with Gasteiger partial charge in [-0.2, -0.15) is 0 Å². The summed E-state index contributed by atoms with van der Waals surface area (Å²) in [5.41, 5.74) is 1.12. The molecule has 2 rings (SSSR count). The molecule has 1 aromatic heterocycles. The number of nitrogens with zero attached hydrogens (tertiary/aromatic N) is 3. The third-order valence-corrected chi connectivity index (χ3v) is 3.70. The Morgan fingerprint density at radius 2 is 2.16 bits per heavy atom. The lowest BCUT2D eigenvalue weighted by Crippen LogP contribution is -2.23. The van der Waals surface area contributed by atoms with Gasteiger partial charge in [0.25, 0.3) is 0 Å². The summed E-state index contributed by atoms with van der Waals surface area (Å²) in [7, 11) is 0. The van der Waals surface area contributed by atoms with Crippen LogP contribution in [0.4, 0.5) is 11.6 Å². The van der Waals surface area contributed by atoms with Crippen LogP contribution in [0.15, 0.2) is 0 Å². The Kier molecular flexibility index (Phi) is 4.58. The first-order chi connectivity index (χ1) is 9.15. The van der Waals surface area contributed by atoms with Crippen molar-refractivity contribution in [3.8, 4) is 0 Å². The molecule has 106 valence electrons. The van der Waals surface area contributed by atoms with Gasteiger partial charge in [-0.05, 0) is 39.5 Å². The second-order valence-electron chi connectivity index (χ2n) is 5.21. The highest BCUT2D eigenvalue weighted by Gasteiger charge is 2.25. The van der Waals surface area contributed by atoms with Gasteiger partial charge in [-0.3, -0.25) is 0 Å². The molecule has 5 nitrogen and oxygen atoms in total. The van der Waals surface area contributed by atoms with Crippen LogP contribution in [0.3, 0.4) is 0 Å². The molecule has 1 fully saturated rings. The van der Waals surface area contributed by atoms with Crippen molar-refractivity contribution in [2.75, 3.05) is 36.5 Å². The molecule has 0 spiro atoms. The second kappa shape index (κ2) is 6.19. The molecule has 2 N–H and O–H groups in total. The van der Waals surface area contributed by atoms with Crippen molar-refractivity contribution >= 4 is 11.6 Å². The van der Waals surface area contributed by atoms with Gasteiger partial charge in [0.05, 0.1) is 0 Å². The van der Waals surface area contributed by atoms with E-state index in [2.05, 4.69) is 34.0 Å². The molecule has 0 amide bonds. The van der Waals surface area contributed by atoms with Crippen molar-refractivity contribution < 1.29 is 5.11 Å². The van der Waals surface area contributed by atoms with Crippen LogP contribution < -0.4 is 10.2 Å². The normalized spacial score (nSPS) is 18.9. The lowest BCUT2D eigenvalue weighted by atomic mass is 10.1. The number of aromatic nitrogens is 2. The summed E-state index contributed by atoms with van der Waals surface area (Å²) in [6.07, 6.45) is 2.03. The summed E-state index contributed by atoms with van der Waals surface area (Å²) in [5, 5.41) is 12.3. The number of aliphatic hydroxyl groups excluding tert-OH is 1. The summed E-state index contributed by atoms with van der Waals surface area (Å²) in [5.74, 6) is 3.38. The molecule has 1 aliphatic heterocycles. The van der Waals surface area contributed by atoms with Gasteiger partial charge in [-0.25, -0.2) is 9.97 Å². The monoisotopic (exact) mass is 264 g/mol. The summed E-state index contributed by atoms with van der Waals surface area (Å²) in [6, 6.07) is 0. The number of anilines is 2. The maximum Gasteiger partial charge on any atom is 0.137 e. The highest BCUT2D eigenvalue weighted by molar-refractivity contribution is 5.59. The topological polar surface area (TPSA) is 61.3 Å². The Morgan fingerprint density at radius 1 is 1.37 bits per heavy atom. The number of aliphatic hydroxyl groups is 1. The van der Waals surface area contributed by atoms with E-state index in [1.807, 2.05) is 6.92 Å². The summed E-state index contributed by atoms with van der Waals surface area (Å²) in [4.78, 5) is 11.4. The van der Waals surface area contributed by atoms with Crippen molar-refractivity contribution in [3.05, 3.63) is 11.4 Å². The van der Waals surface area contributed by atoms with Crippen molar-refractivity contribution in [1.82, 2.24) is 9.97 Å². The fraction of sp³-hybridized carbons (Fsp3) is 0.714. The molecule has 0 saturated carbocycles. The molecule has 1 aromatic rings. The van der Waals surface area contributed by atoms with Gasteiger partial charge in [0.1, 0.15) is 17.5 Å². The Hall–Kier alpha value is -1.36. The van der Waals surface area contributed by atoms with Gasteiger partial charge in [0.2, 0.25) is 0 Å². The largest absolute Gasteiger partial charge is 0.396 e. The summed E-state index contributed by atoms with van der Waals surface area (Å²) in [6.45, 7) is 9.24. The standard InChI is InChI=1S/C14H24N4O/c1-4-15-13-10(2)14(17-11(3)16-13)18-7-5-12(9-18)6-8-19/h12,19H,4-9H2,1-3H3,(H,15,16,17). The first-order valence-corrected chi connectivity index (χ1v) is 7.10. The Labute approximate surface area is 115 Å². The maximum absolute atomic E-state index is 9.04. The maximum atomic E-state index is 9.04. The van der Waals surface area contributed by atoms with Crippen LogP contribution in [-0.4, -0.2) is 41.3 Å². The minimum absolute atomic E-state index is 0.281. The van der Waals surface area contributed by atoms with Gasteiger partial charge in [0.15, 0.2) is 0 Å². The summed E-state index contributed by atoms with van der Waals surface area (Å²) >= 11 is 0. The molecule has 1 atom stereocenters. The lowest BCUT2D eigenvalue weighted by molar-refractivity contribution is 0.263. The van der Waals surface area contributed by atoms with E-state index in [0.717, 1.165) is 55.5 Å². The first kappa shape index (κ1) is 14.1. The average Bonchev–Trinajstić information content (AvgIpc) is 2.82. The second-order valence-corrected chi connectivity index (χ2v) is 5.21. The van der Waals surface area contributed by atoms with Crippen LogP contribution in [0.5, 0.6) is 0 Å². The highest BCUT2D eigenvalue weighted by atomic mass is 16.3. The van der Waals surface area contributed by atoms with E-state index in [4.69, 9.17) is 5.11 Å². The van der Waals surface area contributed by atoms with Gasteiger partial charge in [-0.15, -0.1) is 0 Å². The lowest BCUT2D eigenvalue weighted by Gasteiger charge is -2.21. The fourth-order valence-electron chi connectivity index (χ4n) is 2.70. The van der Waals surface area contributed by atoms with E-state index in [9.17, 15) is 0 Å². The molecular weight excluding hydrogens is 240 g/mol. The Balaban J connectivity index is 2.20. The molecule has 1 unspecified atom stereocenters. The quantitative estimate of drug-likeness (QED) is 0.848. The SMILES string of the molecule is CCNc1nc(C)nc(N2CCC(CCO)C2)c1C. The molecule has 0 radical (unpaired) electrons. The third kappa shape index (κ3) is 3.15. The predicted molar refractivity (Wildman–Crippen MR) is 77.7 cm³/mol. The van der Waals surface area contributed by atoms with Gasteiger partial charge in [-0.1, -0.05) is 0 Å². The smallest absolute Gasteiger partial charge is 0.137 e. The van der Waals surface area contributed by atoms with E-state index in [1.54, 1.807) is 0 Å². The van der Waals surface area contributed by atoms with Crippen molar-refractivity contribution in [3.63, 3.8) is 0 Å². The van der Waals surface area contributed by atoms with Crippen LogP contribution in [0.25, 0.3) is 0 Å². The number of nitrogens with one attached hydrogen (secondary N) is 1. The minimum atomic E-state index is 0.281. The van der Waals surface area contributed by atoms with E-state index >= 15 is 0 Å². The Bertz CT molecular complexity index is 436. The van der Waals surface area contributed by atoms with Gasteiger partial charge >= 0.3 is 0 Å². The van der Waals surface area contributed by atoms with Gasteiger partial charge in [0, 0.05) is 31.8 Å². The minimum Gasteiger partial charge on any atom is -0.396 e. The first-order valence-electron chi connectivity index (χ1n) is 7.10. The van der Waals surface area contributed by atoms with E-state index in [1.165, 1.54) is 0 Å². The van der Waals surface area contributed by atoms with Crippen molar-refractivity contribution in [2.45, 2.75) is 33.6 Å². The number of aryl methyl sites for hydroxylation is 1. The summed E-state index contributed by atoms with van der Waals surface area (Å²) < 4.78 is 0. The third-order valence-electron chi connectivity index (χ3n) is 3.70. The average molecular weight is 264 g/mol. The molecule has 2 heterocycles. The number of hydrogen-bond donors (Lipinski definition) is 2. The molecule has 1 aliphatic rings. The van der Waals surface area contributed by atoms with Crippen molar-refractivity contribution in [1.29, 1.82) is 0 Å². The number of rotatable bonds is 5. The molecule has 5 heteroatoms. The van der Waals surface area contributed by atoms with Crippen LogP contribution in [0, 0.1) is 19.8 Å². The predicted octanol–water partition coefficient (Wildman–Crippen LogP) is 1.73. The highest BCUT2D eigenvalue weighted by Crippen LogP contribution is 2.29. The van der Waals surface area contributed by atoms with E-state index < -0.39 is 0 Å². The Morgan fingerprint density at radius 3 is 2.84 bits per heavy atom. The fourth-order valence-corrected chi connectivity index (χ4v) is 2.70. The van der Waals surface area contributed by atoms with E-state index in [-0.39, 0.29) is 6.61 Å². The zero-order chi connectivity index (χ0) is 13.8. The zero-order valence-electron chi connectivity index (χ0n) is 12.1. The van der Waals surface area contributed by atoms with Gasteiger partial charge < -0.3 is 15.3 Å². The van der Waals surface area contributed by atoms with Crippen LogP contribution in [0.2, 0.25) is 0 Å². The molecule has 0 aromatic carbocycles. The van der Waals surface area contributed by atoms with Crippen LogP contribution in [-0.2, 0) is 0 Å². The van der Waals surface area contributed by atoms with E-state index in [0.29, 0.717) is 5.92 Å². The molecule has 1 saturated heterocycles. The van der Waals surface area contributed by atoms with Crippen LogP contribution in [0.1, 0.15) is 31.2 Å². The number of hydrogen-bond acceptors (Lipinski definition) is 5. The molecule has 19 heavy (non-hydrogen) atoms.